The summed E-state index contributed by atoms with van der Waals surface area (Å²) in [6.07, 6.45) is 1.42. The fourth-order valence-electron chi connectivity index (χ4n) is 3.50. The summed E-state index contributed by atoms with van der Waals surface area (Å²) in [5.41, 5.74) is 3.90. The first-order chi connectivity index (χ1) is 19.7. The van der Waals surface area contributed by atoms with Crippen molar-refractivity contribution in [3.8, 4) is 17.2 Å². The lowest BCUT2D eigenvalue weighted by Gasteiger charge is -2.09. The average Bonchev–Trinajstić information content (AvgIpc) is 2.98. The molecule has 4 rings (SSSR count). The van der Waals surface area contributed by atoms with Crippen LogP contribution in [0.3, 0.4) is 0 Å². The number of carbonyl (C=O) groups excluding carboxylic acids is 2. The van der Waals surface area contributed by atoms with E-state index in [0.717, 1.165) is 0 Å². The maximum atomic E-state index is 12.5. The normalized spacial score (nSPS) is 11.1. The highest BCUT2D eigenvalue weighted by molar-refractivity contribution is 7.92. The molecule has 10 nitrogen and oxygen atoms in total. The molecular formula is C29H24ClN3O7S. The van der Waals surface area contributed by atoms with Gasteiger partial charge in [0.2, 0.25) is 0 Å². The number of halogens is 1. The fourth-order valence-corrected chi connectivity index (χ4v) is 4.68. The molecule has 12 heteroatoms. The van der Waals surface area contributed by atoms with Crippen molar-refractivity contribution in [3.63, 3.8) is 0 Å². The molecule has 0 radical (unpaired) electrons. The third-order valence-electron chi connectivity index (χ3n) is 5.61. The molecule has 1 amide bonds. The van der Waals surface area contributed by atoms with Gasteiger partial charge in [-0.1, -0.05) is 11.6 Å². The van der Waals surface area contributed by atoms with E-state index in [1.165, 1.54) is 75.0 Å². The summed E-state index contributed by atoms with van der Waals surface area (Å²) in [7, 11) is -0.830. The van der Waals surface area contributed by atoms with Crippen LogP contribution in [0.4, 0.5) is 5.69 Å². The minimum absolute atomic E-state index is 0.0576. The van der Waals surface area contributed by atoms with Crippen LogP contribution in [0.15, 0.2) is 101 Å². The highest BCUT2D eigenvalue weighted by Gasteiger charge is 2.15. The van der Waals surface area contributed by atoms with Crippen LogP contribution in [0, 0.1) is 0 Å². The Morgan fingerprint density at radius 2 is 1.44 bits per heavy atom. The van der Waals surface area contributed by atoms with Crippen molar-refractivity contribution in [3.05, 3.63) is 113 Å². The molecule has 0 unspecified atom stereocenters. The summed E-state index contributed by atoms with van der Waals surface area (Å²) in [6.45, 7) is 0. The summed E-state index contributed by atoms with van der Waals surface area (Å²) in [6, 6.07) is 22.8. The van der Waals surface area contributed by atoms with Crippen molar-refractivity contribution < 1.29 is 32.2 Å². The van der Waals surface area contributed by atoms with Gasteiger partial charge in [-0.25, -0.2) is 18.6 Å². The third-order valence-corrected chi connectivity index (χ3v) is 7.26. The van der Waals surface area contributed by atoms with Gasteiger partial charge in [0.1, 0.15) is 5.75 Å². The second-order valence-corrected chi connectivity index (χ2v) is 10.5. The van der Waals surface area contributed by atoms with Gasteiger partial charge in [0.25, 0.3) is 15.9 Å². The van der Waals surface area contributed by atoms with E-state index < -0.39 is 21.9 Å². The summed E-state index contributed by atoms with van der Waals surface area (Å²) < 4.78 is 43.2. The molecule has 2 N–H and O–H groups in total. The number of methoxy groups -OCH3 is 2. The van der Waals surface area contributed by atoms with E-state index in [4.69, 9.17) is 25.8 Å². The van der Waals surface area contributed by atoms with Gasteiger partial charge in [-0.2, -0.15) is 5.10 Å². The second-order valence-electron chi connectivity index (χ2n) is 8.36. The molecule has 0 saturated heterocycles. The van der Waals surface area contributed by atoms with Crippen LogP contribution < -0.4 is 24.4 Å². The quantitative estimate of drug-likeness (QED) is 0.113. The number of nitrogens with one attached hydrogen (secondary N) is 2. The summed E-state index contributed by atoms with van der Waals surface area (Å²) in [4.78, 5) is 25.0. The highest BCUT2D eigenvalue weighted by Crippen LogP contribution is 2.28. The predicted molar refractivity (Wildman–Crippen MR) is 155 cm³/mol. The van der Waals surface area contributed by atoms with Crippen molar-refractivity contribution in [1.82, 2.24) is 5.43 Å². The maximum absolute atomic E-state index is 12.5. The zero-order chi connectivity index (χ0) is 29.4. The summed E-state index contributed by atoms with van der Waals surface area (Å²) in [5, 5.41) is 4.36. The molecule has 0 aliphatic heterocycles. The number of hydrazone groups is 1. The lowest BCUT2D eigenvalue weighted by molar-refractivity contribution is 0.0734. The molecule has 0 fully saturated rings. The molecule has 0 heterocycles. The number of amides is 1. The van der Waals surface area contributed by atoms with Gasteiger partial charge in [-0.05, 0) is 96.6 Å². The minimum Gasteiger partial charge on any atom is -0.493 e. The standard InChI is InChI=1S/C29H24ClN3O7S/c1-38-26-16-7-21(17-27(26)39-2)29(35)40-24-12-3-19(4-13-24)18-31-32-28(34)20-5-10-23(11-6-20)33-41(36,37)25-14-8-22(30)9-15-25/h3-18,33H,1-2H3,(H,32,34). The Kier molecular flexibility index (Phi) is 9.23. The molecule has 0 atom stereocenters. The molecule has 0 spiro atoms. The first-order valence-corrected chi connectivity index (χ1v) is 13.8. The first kappa shape index (κ1) is 29.1. The van der Waals surface area contributed by atoms with Crippen molar-refractivity contribution in [2.75, 3.05) is 18.9 Å². The zero-order valence-corrected chi connectivity index (χ0v) is 23.4. The topological polar surface area (TPSA) is 132 Å². The molecule has 0 aromatic heterocycles. The average molecular weight is 594 g/mol. The molecule has 4 aromatic carbocycles. The Labute approximate surface area is 241 Å². The highest BCUT2D eigenvalue weighted by atomic mass is 35.5. The number of hydrogen-bond donors (Lipinski definition) is 2. The Bertz CT molecular complexity index is 1670. The Morgan fingerprint density at radius 1 is 0.805 bits per heavy atom. The van der Waals surface area contributed by atoms with Crippen LogP contribution in [0.5, 0.6) is 17.2 Å². The molecule has 0 aliphatic rings. The van der Waals surface area contributed by atoms with Gasteiger partial charge < -0.3 is 14.2 Å². The van der Waals surface area contributed by atoms with Crippen LogP contribution in [0.2, 0.25) is 5.02 Å². The molecule has 0 saturated carbocycles. The smallest absolute Gasteiger partial charge is 0.343 e. The first-order valence-electron chi connectivity index (χ1n) is 11.9. The lowest BCUT2D eigenvalue weighted by atomic mass is 10.2. The number of nitrogens with zero attached hydrogens (tertiary/aromatic N) is 1. The number of rotatable bonds is 10. The van der Waals surface area contributed by atoms with E-state index in [0.29, 0.717) is 33.4 Å². The van der Waals surface area contributed by atoms with Crippen LogP contribution in [0.25, 0.3) is 0 Å². The number of esters is 1. The SMILES string of the molecule is COc1ccc(C(=O)Oc2ccc(C=NNC(=O)c3ccc(NS(=O)(=O)c4ccc(Cl)cc4)cc3)cc2)cc1OC. The number of sulfonamides is 1. The number of anilines is 1. The van der Waals surface area contributed by atoms with E-state index in [1.807, 2.05) is 0 Å². The third kappa shape index (κ3) is 7.62. The van der Waals surface area contributed by atoms with Gasteiger partial charge in [-0.3, -0.25) is 9.52 Å². The second kappa shape index (κ2) is 13.0. The molecule has 41 heavy (non-hydrogen) atoms. The van der Waals surface area contributed by atoms with E-state index in [2.05, 4.69) is 15.2 Å². The summed E-state index contributed by atoms with van der Waals surface area (Å²) in [5.74, 6) is 0.162. The lowest BCUT2D eigenvalue weighted by Crippen LogP contribution is -2.18. The van der Waals surface area contributed by atoms with Crippen LogP contribution >= 0.6 is 11.6 Å². The number of benzene rings is 4. The van der Waals surface area contributed by atoms with Gasteiger partial charge >= 0.3 is 5.97 Å². The zero-order valence-electron chi connectivity index (χ0n) is 21.8. The van der Waals surface area contributed by atoms with Gasteiger partial charge in [0, 0.05) is 16.3 Å². The number of hydrogen-bond acceptors (Lipinski definition) is 8. The fraction of sp³-hybridized carbons (Fsp3) is 0.0690. The van der Waals surface area contributed by atoms with Crippen LogP contribution in [-0.2, 0) is 10.0 Å². The Hall–Kier alpha value is -4.87. The molecule has 4 aromatic rings. The monoisotopic (exact) mass is 593 g/mol. The van der Waals surface area contributed by atoms with Crippen LogP contribution in [-0.4, -0.2) is 40.7 Å². The van der Waals surface area contributed by atoms with E-state index in [9.17, 15) is 18.0 Å². The molecule has 0 bridgehead atoms. The summed E-state index contributed by atoms with van der Waals surface area (Å²) >= 11 is 5.81. The van der Waals surface area contributed by atoms with Crippen molar-refractivity contribution >= 4 is 45.4 Å². The van der Waals surface area contributed by atoms with E-state index >= 15 is 0 Å². The van der Waals surface area contributed by atoms with Crippen LogP contribution in [0.1, 0.15) is 26.3 Å². The largest absolute Gasteiger partial charge is 0.493 e. The van der Waals surface area contributed by atoms with Gasteiger partial charge in [0.15, 0.2) is 11.5 Å². The Morgan fingerprint density at radius 3 is 2.07 bits per heavy atom. The molecule has 210 valence electrons. The maximum Gasteiger partial charge on any atom is 0.343 e. The number of carbonyl (C=O) groups is 2. The van der Waals surface area contributed by atoms with Crippen molar-refractivity contribution in [2.24, 2.45) is 5.10 Å². The Balaban J connectivity index is 1.30. The molecular weight excluding hydrogens is 570 g/mol. The van der Waals surface area contributed by atoms with Gasteiger partial charge in [0.05, 0.1) is 30.9 Å². The molecule has 0 aliphatic carbocycles. The van der Waals surface area contributed by atoms with E-state index in [-0.39, 0.29) is 16.1 Å². The minimum atomic E-state index is -3.81. The number of ether oxygens (including phenoxy) is 3. The van der Waals surface area contributed by atoms with Crippen molar-refractivity contribution in [1.29, 1.82) is 0 Å². The van der Waals surface area contributed by atoms with Crippen molar-refractivity contribution in [2.45, 2.75) is 4.90 Å². The van der Waals surface area contributed by atoms with Gasteiger partial charge in [-0.15, -0.1) is 0 Å². The van der Waals surface area contributed by atoms with E-state index in [1.54, 1.807) is 36.4 Å². The predicted octanol–water partition coefficient (Wildman–Crippen LogP) is 5.14.